The number of nitrogens with zero attached hydrogens (tertiary/aromatic N) is 6. The molecule has 1 unspecified atom stereocenters. The highest BCUT2D eigenvalue weighted by atomic mass is 16.2. The molecular weight excluding hydrogens is 594 g/mol. The van der Waals surface area contributed by atoms with Crippen molar-refractivity contribution >= 4 is 35.0 Å². The summed E-state index contributed by atoms with van der Waals surface area (Å²) in [5.41, 5.74) is 1.68. The summed E-state index contributed by atoms with van der Waals surface area (Å²) in [6.07, 6.45) is 13.1. The Bertz CT molecular complexity index is 1400. The highest BCUT2D eigenvalue weighted by Crippen LogP contribution is 2.25. The fourth-order valence-electron chi connectivity index (χ4n) is 6.54. The van der Waals surface area contributed by atoms with Gasteiger partial charge in [0.2, 0.25) is 18.3 Å². The van der Waals surface area contributed by atoms with Gasteiger partial charge in [0.05, 0.1) is 18.3 Å². The number of carbonyl (C=O) groups is 2. The Balaban J connectivity index is 1.06. The predicted molar refractivity (Wildman–Crippen MR) is 185 cm³/mol. The Morgan fingerprint density at radius 3 is 2.55 bits per heavy atom. The van der Waals surface area contributed by atoms with E-state index in [-0.39, 0.29) is 17.9 Å². The summed E-state index contributed by atoms with van der Waals surface area (Å²) in [4.78, 5) is 35.4. The lowest BCUT2D eigenvalue weighted by Gasteiger charge is -2.35. The van der Waals surface area contributed by atoms with Gasteiger partial charge < -0.3 is 31.5 Å². The lowest BCUT2D eigenvalue weighted by atomic mass is 9.95. The molecule has 1 atom stereocenters. The molecule has 1 aromatic carbocycles. The van der Waals surface area contributed by atoms with Gasteiger partial charge in [-0.3, -0.25) is 14.3 Å². The first-order valence-electron chi connectivity index (χ1n) is 17.6. The normalized spacial score (nSPS) is 16.8. The number of rotatable bonds is 18. The molecule has 1 saturated carbocycles. The topological polar surface area (TPSA) is 154 Å². The molecule has 0 bridgehead atoms. The molecule has 3 heterocycles. The first-order chi connectivity index (χ1) is 23.0. The van der Waals surface area contributed by atoms with E-state index in [1.165, 1.54) is 32.1 Å². The largest absolute Gasteiger partial charge is 0.367 e. The van der Waals surface area contributed by atoms with Crippen LogP contribution in [0.1, 0.15) is 77.3 Å². The van der Waals surface area contributed by atoms with Gasteiger partial charge in [-0.2, -0.15) is 4.98 Å². The fraction of sp³-hybridized carbons (Fsp3) is 0.647. The quantitative estimate of drug-likeness (QED) is 0.103. The number of benzene rings is 1. The molecule has 2 fully saturated rings. The van der Waals surface area contributed by atoms with E-state index >= 15 is 0 Å². The maximum atomic E-state index is 13.0. The van der Waals surface area contributed by atoms with Crippen molar-refractivity contribution in [2.45, 2.75) is 103 Å². The Hall–Kier alpha value is -3.84. The van der Waals surface area contributed by atoms with Crippen LogP contribution in [-0.4, -0.2) is 93.0 Å². The number of amides is 2. The van der Waals surface area contributed by atoms with Gasteiger partial charge in [0.15, 0.2) is 0 Å². The summed E-state index contributed by atoms with van der Waals surface area (Å²) in [7, 11) is 0. The molecule has 2 aromatic heterocycles. The smallest absolute Gasteiger partial charge is 0.245 e. The summed E-state index contributed by atoms with van der Waals surface area (Å²) in [5, 5.41) is 26.5. The molecule has 13 nitrogen and oxygen atoms in total. The summed E-state index contributed by atoms with van der Waals surface area (Å²) in [6, 6.07) is 8.36. The molecule has 1 aliphatic heterocycles. The third kappa shape index (κ3) is 10.3. The minimum Gasteiger partial charge on any atom is -0.367 e. The summed E-state index contributed by atoms with van der Waals surface area (Å²) >= 11 is 0. The van der Waals surface area contributed by atoms with E-state index in [9.17, 15) is 9.59 Å². The van der Waals surface area contributed by atoms with Crippen molar-refractivity contribution in [3.8, 4) is 0 Å². The van der Waals surface area contributed by atoms with Crippen molar-refractivity contribution in [3.63, 3.8) is 0 Å². The van der Waals surface area contributed by atoms with Crippen LogP contribution < -0.4 is 26.6 Å². The van der Waals surface area contributed by atoms with Crippen molar-refractivity contribution in [3.05, 3.63) is 36.2 Å². The Kier molecular flexibility index (Phi) is 13.1. The minimum absolute atomic E-state index is 0.0221. The molecule has 1 saturated heterocycles. The second-order valence-electron chi connectivity index (χ2n) is 13.2. The number of anilines is 2. The molecule has 13 heteroatoms. The van der Waals surface area contributed by atoms with Gasteiger partial charge in [0.25, 0.3) is 0 Å². The number of hydrogen-bond acceptors (Lipinski definition) is 10. The van der Waals surface area contributed by atoms with Crippen LogP contribution in [0.5, 0.6) is 0 Å². The van der Waals surface area contributed by atoms with Crippen LogP contribution in [0.2, 0.25) is 0 Å². The lowest BCUT2D eigenvalue weighted by molar-refractivity contribution is -0.136. The zero-order chi connectivity index (χ0) is 32.8. The van der Waals surface area contributed by atoms with Gasteiger partial charge in [-0.25, -0.2) is 4.98 Å². The SMILES string of the molecule is CC(C)C(NC=O)C(=O)N1CCC(Nc2nc(NCc3cn(CCCNCCCNC4CCCCC4)nn3)nc3ccccc23)CC1. The molecule has 2 amide bonds. The first kappa shape index (κ1) is 34.5. The molecule has 1 aliphatic carbocycles. The van der Waals surface area contributed by atoms with Crippen LogP contribution in [0.3, 0.4) is 0 Å². The highest BCUT2D eigenvalue weighted by molar-refractivity contribution is 5.90. The Morgan fingerprint density at radius 2 is 1.77 bits per heavy atom. The lowest BCUT2D eigenvalue weighted by Crippen LogP contribution is -2.52. The van der Waals surface area contributed by atoms with Gasteiger partial charge in [0, 0.05) is 37.1 Å². The molecule has 5 N–H and O–H groups in total. The number of para-hydroxylation sites is 1. The monoisotopic (exact) mass is 647 g/mol. The zero-order valence-corrected chi connectivity index (χ0v) is 28.1. The third-order valence-electron chi connectivity index (χ3n) is 9.25. The zero-order valence-electron chi connectivity index (χ0n) is 28.1. The highest BCUT2D eigenvalue weighted by Gasteiger charge is 2.30. The van der Waals surface area contributed by atoms with Crippen LogP contribution in [-0.2, 0) is 22.7 Å². The van der Waals surface area contributed by atoms with Crippen LogP contribution in [0.4, 0.5) is 11.8 Å². The average Bonchev–Trinajstić information content (AvgIpc) is 3.55. The fourth-order valence-corrected chi connectivity index (χ4v) is 6.54. The van der Waals surface area contributed by atoms with Crippen molar-refractivity contribution in [1.29, 1.82) is 0 Å². The standard InChI is InChI=1S/C34H53N11O2/c1-25(2)31(38-24-46)33(47)44-20-14-27(15-21-44)39-32-29-12-6-7-13-30(29)40-34(41-32)37-22-28-23-45(43-42-28)19-9-17-35-16-8-18-36-26-10-4-3-5-11-26/h6-7,12-13,23-27,31,35-36H,3-5,8-11,14-22H2,1-2H3,(H,38,46)(H2,37,39,40,41). The Labute approximate surface area is 278 Å². The van der Waals surface area contributed by atoms with Crippen molar-refractivity contribution < 1.29 is 9.59 Å². The molecule has 0 spiro atoms. The number of aromatic nitrogens is 5. The molecule has 47 heavy (non-hydrogen) atoms. The van der Waals surface area contributed by atoms with Gasteiger partial charge in [0.1, 0.15) is 17.6 Å². The van der Waals surface area contributed by atoms with E-state index in [1.54, 1.807) is 0 Å². The van der Waals surface area contributed by atoms with Gasteiger partial charge in [-0.05, 0) is 76.2 Å². The molecular formula is C34H53N11O2. The second kappa shape index (κ2) is 17.9. The van der Waals surface area contributed by atoms with E-state index < -0.39 is 6.04 Å². The number of piperidine rings is 1. The maximum absolute atomic E-state index is 13.0. The van der Waals surface area contributed by atoms with Gasteiger partial charge >= 0.3 is 0 Å². The number of aryl methyl sites for hydroxylation is 1. The van der Waals surface area contributed by atoms with Crippen LogP contribution in [0.15, 0.2) is 30.5 Å². The van der Waals surface area contributed by atoms with Gasteiger partial charge in [-0.1, -0.05) is 50.5 Å². The summed E-state index contributed by atoms with van der Waals surface area (Å²) < 4.78 is 1.90. The predicted octanol–water partition coefficient (Wildman–Crippen LogP) is 3.30. The van der Waals surface area contributed by atoms with E-state index in [1.807, 2.05) is 53.9 Å². The van der Waals surface area contributed by atoms with E-state index in [4.69, 9.17) is 9.97 Å². The second-order valence-corrected chi connectivity index (χ2v) is 13.2. The number of fused-ring (bicyclic) bond motifs is 1. The van der Waals surface area contributed by atoms with Crippen LogP contribution in [0.25, 0.3) is 10.9 Å². The molecule has 3 aromatic rings. The number of nitrogens with one attached hydrogen (secondary N) is 5. The molecule has 5 rings (SSSR count). The summed E-state index contributed by atoms with van der Waals surface area (Å²) in [6.45, 7) is 9.51. The maximum Gasteiger partial charge on any atom is 0.245 e. The van der Waals surface area contributed by atoms with Gasteiger partial charge in [-0.15, -0.1) is 5.10 Å². The molecule has 2 aliphatic rings. The van der Waals surface area contributed by atoms with Crippen molar-refractivity contribution in [2.24, 2.45) is 5.92 Å². The van der Waals surface area contributed by atoms with Crippen LogP contribution >= 0.6 is 0 Å². The number of hydrogen-bond donors (Lipinski definition) is 5. The Morgan fingerprint density at radius 1 is 0.979 bits per heavy atom. The van der Waals surface area contributed by atoms with Crippen molar-refractivity contribution in [1.82, 2.24) is 45.8 Å². The average molecular weight is 648 g/mol. The minimum atomic E-state index is -0.497. The molecule has 0 radical (unpaired) electrons. The number of likely N-dealkylation sites (tertiary alicyclic amines) is 1. The molecule has 256 valence electrons. The summed E-state index contributed by atoms with van der Waals surface area (Å²) in [5.74, 6) is 1.30. The van der Waals surface area contributed by atoms with E-state index in [2.05, 4.69) is 36.9 Å². The first-order valence-corrected chi connectivity index (χ1v) is 17.6. The van der Waals surface area contributed by atoms with E-state index in [0.29, 0.717) is 32.0 Å². The van der Waals surface area contributed by atoms with E-state index in [0.717, 1.165) is 80.3 Å². The van der Waals surface area contributed by atoms with Crippen LogP contribution in [0, 0.1) is 5.92 Å². The van der Waals surface area contributed by atoms with Crippen molar-refractivity contribution in [2.75, 3.05) is 43.4 Å². The third-order valence-corrected chi connectivity index (χ3v) is 9.25. The number of carbonyl (C=O) groups excluding carboxylic acids is 2.